The van der Waals surface area contributed by atoms with Crippen LogP contribution in [-0.4, -0.2) is 37.7 Å². The maximum atomic E-state index is 5.71. The summed E-state index contributed by atoms with van der Waals surface area (Å²) in [6.07, 6.45) is 1.25. The Morgan fingerprint density at radius 1 is 1.16 bits per heavy atom. The van der Waals surface area contributed by atoms with Gasteiger partial charge >= 0.3 is 0 Å². The number of rotatable bonds is 5. The first-order valence-electron chi connectivity index (χ1n) is 7.39. The van der Waals surface area contributed by atoms with Crippen LogP contribution in [0.3, 0.4) is 0 Å². The molecule has 1 fully saturated rings. The molecule has 1 N–H and O–H groups in total. The van der Waals surface area contributed by atoms with Crippen LogP contribution in [-0.2, 0) is 6.54 Å². The second kappa shape index (κ2) is 7.51. The van der Waals surface area contributed by atoms with E-state index in [1.54, 1.807) is 0 Å². The van der Waals surface area contributed by atoms with Gasteiger partial charge in [-0.3, -0.25) is 4.90 Å². The molecule has 19 heavy (non-hydrogen) atoms. The van der Waals surface area contributed by atoms with Crippen molar-refractivity contribution in [2.24, 2.45) is 5.92 Å². The van der Waals surface area contributed by atoms with Gasteiger partial charge < -0.3 is 10.1 Å². The first kappa shape index (κ1) is 14.4. The lowest BCUT2D eigenvalue weighted by Crippen LogP contribution is -2.27. The molecule has 0 unspecified atom stereocenters. The van der Waals surface area contributed by atoms with Crippen molar-refractivity contribution >= 4 is 0 Å². The highest BCUT2D eigenvalue weighted by Gasteiger charge is 2.08. The lowest BCUT2D eigenvalue weighted by atomic mass is 10.2. The number of ether oxygens (including phenoxy) is 1. The van der Waals surface area contributed by atoms with Crippen LogP contribution in [0, 0.1) is 5.92 Å². The zero-order valence-electron chi connectivity index (χ0n) is 12.2. The summed E-state index contributed by atoms with van der Waals surface area (Å²) in [6, 6.07) is 8.56. The number of hydrogen-bond donors (Lipinski definition) is 1. The van der Waals surface area contributed by atoms with Crippen molar-refractivity contribution in [3.05, 3.63) is 29.8 Å². The summed E-state index contributed by atoms with van der Waals surface area (Å²) < 4.78 is 5.71. The molecule has 0 aliphatic carbocycles. The highest BCUT2D eigenvalue weighted by molar-refractivity contribution is 5.27. The summed E-state index contributed by atoms with van der Waals surface area (Å²) in [5, 5.41) is 3.44. The summed E-state index contributed by atoms with van der Waals surface area (Å²) in [4.78, 5) is 2.52. The Morgan fingerprint density at radius 3 is 2.68 bits per heavy atom. The molecule has 0 radical (unpaired) electrons. The maximum Gasteiger partial charge on any atom is 0.119 e. The minimum Gasteiger partial charge on any atom is -0.493 e. The van der Waals surface area contributed by atoms with Crippen molar-refractivity contribution in [1.82, 2.24) is 10.2 Å². The Bertz CT molecular complexity index is 354. The van der Waals surface area contributed by atoms with Crippen LogP contribution in [0.2, 0.25) is 0 Å². The predicted molar refractivity (Wildman–Crippen MR) is 79.5 cm³/mol. The van der Waals surface area contributed by atoms with Gasteiger partial charge in [0.1, 0.15) is 5.75 Å². The third-order valence-corrected chi connectivity index (χ3v) is 3.35. The second-order valence-corrected chi connectivity index (χ2v) is 5.73. The van der Waals surface area contributed by atoms with Crippen LogP contribution >= 0.6 is 0 Å². The fourth-order valence-electron chi connectivity index (χ4n) is 2.27. The smallest absolute Gasteiger partial charge is 0.119 e. The fraction of sp³-hybridized carbons (Fsp3) is 0.625. The van der Waals surface area contributed by atoms with Gasteiger partial charge in [0.25, 0.3) is 0 Å². The van der Waals surface area contributed by atoms with Crippen molar-refractivity contribution in [3.63, 3.8) is 0 Å². The zero-order chi connectivity index (χ0) is 13.5. The molecule has 1 aromatic carbocycles. The summed E-state index contributed by atoms with van der Waals surface area (Å²) in [5.41, 5.74) is 1.37. The molecule has 0 bridgehead atoms. The first-order valence-corrected chi connectivity index (χ1v) is 7.39. The topological polar surface area (TPSA) is 24.5 Å². The van der Waals surface area contributed by atoms with Gasteiger partial charge in [0.05, 0.1) is 6.61 Å². The Hall–Kier alpha value is -1.06. The molecule has 0 saturated carbocycles. The van der Waals surface area contributed by atoms with E-state index in [9.17, 15) is 0 Å². The van der Waals surface area contributed by atoms with E-state index in [2.05, 4.69) is 48.3 Å². The van der Waals surface area contributed by atoms with E-state index in [4.69, 9.17) is 4.74 Å². The highest BCUT2D eigenvalue weighted by Crippen LogP contribution is 2.15. The standard InChI is InChI=1S/C16H26N2O/c1-14(2)13-19-16-6-4-15(5-7-16)12-18-10-3-8-17-9-11-18/h4-7,14,17H,3,8-13H2,1-2H3. The van der Waals surface area contributed by atoms with Gasteiger partial charge in [0.15, 0.2) is 0 Å². The minimum atomic E-state index is 0.573. The van der Waals surface area contributed by atoms with E-state index in [0.29, 0.717) is 5.92 Å². The third kappa shape index (κ3) is 5.21. The molecule has 0 aromatic heterocycles. The summed E-state index contributed by atoms with van der Waals surface area (Å²) in [6.45, 7) is 10.8. The van der Waals surface area contributed by atoms with E-state index >= 15 is 0 Å². The van der Waals surface area contributed by atoms with Crippen molar-refractivity contribution < 1.29 is 4.74 Å². The number of nitrogens with zero attached hydrogens (tertiary/aromatic N) is 1. The zero-order valence-corrected chi connectivity index (χ0v) is 12.2. The van der Waals surface area contributed by atoms with Crippen LogP contribution in [0.25, 0.3) is 0 Å². The molecule has 3 heteroatoms. The Labute approximate surface area is 116 Å². The highest BCUT2D eigenvalue weighted by atomic mass is 16.5. The lowest BCUT2D eigenvalue weighted by Gasteiger charge is -2.19. The van der Waals surface area contributed by atoms with E-state index in [0.717, 1.165) is 38.5 Å². The van der Waals surface area contributed by atoms with E-state index < -0.39 is 0 Å². The van der Waals surface area contributed by atoms with Crippen LogP contribution in [0.15, 0.2) is 24.3 Å². The fourth-order valence-corrected chi connectivity index (χ4v) is 2.27. The average molecular weight is 262 g/mol. The van der Waals surface area contributed by atoms with Crippen molar-refractivity contribution in [1.29, 1.82) is 0 Å². The quantitative estimate of drug-likeness (QED) is 0.882. The number of hydrogen-bond acceptors (Lipinski definition) is 3. The van der Waals surface area contributed by atoms with Gasteiger partial charge in [0, 0.05) is 19.6 Å². The molecule has 1 aliphatic heterocycles. The largest absolute Gasteiger partial charge is 0.493 e. The van der Waals surface area contributed by atoms with Crippen LogP contribution in [0.5, 0.6) is 5.75 Å². The molecule has 106 valence electrons. The van der Waals surface area contributed by atoms with Crippen LogP contribution in [0.1, 0.15) is 25.8 Å². The normalized spacial score (nSPS) is 17.4. The molecule has 1 aliphatic rings. The molecule has 0 amide bonds. The Morgan fingerprint density at radius 2 is 1.95 bits per heavy atom. The van der Waals surface area contributed by atoms with Gasteiger partial charge in [-0.1, -0.05) is 26.0 Å². The van der Waals surface area contributed by atoms with Gasteiger partial charge in [0.2, 0.25) is 0 Å². The van der Waals surface area contributed by atoms with E-state index in [-0.39, 0.29) is 0 Å². The van der Waals surface area contributed by atoms with Gasteiger partial charge in [-0.25, -0.2) is 0 Å². The van der Waals surface area contributed by atoms with E-state index in [1.807, 2.05) is 0 Å². The van der Waals surface area contributed by atoms with Gasteiger partial charge in [-0.05, 0) is 43.1 Å². The summed E-state index contributed by atoms with van der Waals surface area (Å²) in [7, 11) is 0. The minimum absolute atomic E-state index is 0.573. The number of nitrogens with one attached hydrogen (secondary N) is 1. The maximum absolute atomic E-state index is 5.71. The van der Waals surface area contributed by atoms with E-state index in [1.165, 1.54) is 18.5 Å². The van der Waals surface area contributed by atoms with Crippen LogP contribution < -0.4 is 10.1 Å². The molecule has 3 nitrogen and oxygen atoms in total. The Balaban J connectivity index is 1.83. The predicted octanol–water partition coefficient (Wildman–Crippen LogP) is 2.52. The van der Waals surface area contributed by atoms with Crippen molar-refractivity contribution in [2.45, 2.75) is 26.8 Å². The molecule has 0 spiro atoms. The lowest BCUT2D eigenvalue weighted by molar-refractivity contribution is 0.270. The van der Waals surface area contributed by atoms with Crippen molar-refractivity contribution in [2.75, 3.05) is 32.8 Å². The average Bonchev–Trinajstić information content (AvgIpc) is 2.66. The monoisotopic (exact) mass is 262 g/mol. The molecule has 1 aromatic rings. The molecule has 1 heterocycles. The third-order valence-electron chi connectivity index (χ3n) is 3.35. The molecular formula is C16H26N2O. The second-order valence-electron chi connectivity index (χ2n) is 5.73. The molecule has 0 atom stereocenters. The van der Waals surface area contributed by atoms with Crippen LogP contribution in [0.4, 0.5) is 0 Å². The first-order chi connectivity index (χ1) is 9.24. The molecular weight excluding hydrogens is 236 g/mol. The van der Waals surface area contributed by atoms with Gasteiger partial charge in [-0.2, -0.15) is 0 Å². The molecule has 2 rings (SSSR count). The Kier molecular flexibility index (Phi) is 5.67. The van der Waals surface area contributed by atoms with Crippen molar-refractivity contribution in [3.8, 4) is 5.75 Å². The van der Waals surface area contributed by atoms with Gasteiger partial charge in [-0.15, -0.1) is 0 Å². The summed E-state index contributed by atoms with van der Waals surface area (Å²) in [5.74, 6) is 1.55. The summed E-state index contributed by atoms with van der Waals surface area (Å²) >= 11 is 0. The SMILES string of the molecule is CC(C)COc1ccc(CN2CCCNCC2)cc1. The number of benzene rings is 1. The molecule has 1 saturated heterocycles.